The molecule has 9 heteroatoms. The minimum absolute atomic E-state index is 0.0343. The summed E-state index contributed by atoms with van der Waals surface area (Å²) in [4.78, 5) is 27.1. The molecule has 0 saturated carbocycles. The summed E-state index contributed by atoms with van der Waals surface area (Å²) in [5, 5.41) is 8.98. The number of aromatic nitrogens is 1. The molecule has 0 bridgehead atoms. The summed E-state index contributed by atoms with van der Waals surface area (Å²) in [5.74, 6) is -1.65. The SMILES string of the molecule is O=C(O)c1cccc(-c2ccc3c(c2)C(=O)CC(S(=O)(=O)O)O3)n1. The van der Waals surface area contributed by atoms with E-state index < -0.39 is 33.7 Å². The maximum atomic E-state index is 12.1. The highest BCUT2D eigenvalue weighted by Crippen LogP contribution is 2.32. The molecule has 0 spiro atoms. The van der Waals surface area contributed by atoms with Gasteiger partial charge in [0.25, 0.3) is 0 Å². The van der Waals surface area contributed by atoms with Crippen LogP contribution in [0, 0.1) is 0 Å². The molecule has 1 aliphatic rings. The lowest BCUT2D eigenvalue weighted by atomic mass is 10.0. The van der Waals surface area contributed by atoms with Crippen molar-refractivity contribution in [3.8, 4) is 17.0 Å². The topological polar surface area (TPSA) is 131 Å². The van der Waals surface area contributed by atoms with Crippen LogP contribution in [-0.2, 0) is 10.1 Å². The van der Waals surface area contributed by atoms with E-state index in [4.69, 9.17) is 14.4 Å². The molecule has 0 fully saturated rings. The number of nitrogens with zero attached hydrogens (tertiary/aromatic N) is 1. The monoisotopic (exact) mass is 349 g/mol. The molecule has 1 atom stereocenters. The number of carboxylic acid groups (broad SMARTS) is 1. The zero-order chi connectivity index (χ0) is 17.5. The largest absolute Gasteiger partial charge is 0.477 e. The normalized spacial score (nSPS) is 17.0. The summed E-state index contributed by atoms with van der Waals surface area (Å²) < 4.78 is 36.5. The minimum atomic E-state index is -4.50. The van der Waals surface area contributed by atoms with Crippen LogP contribution in [0.15, 0.2) is 36.4 Å². The summed E-state index contributed by atoms with van der Waals surface area (Å²) in [7, 11) is -4.50. The molecule has 0 amide bonds. The van der Waals surface area contributed by atoms with Gasteiger partial charge in [-0.2, -0.15) is 8.42 Å². The maximum absolute atomic E-state index is 12.1. The molecule has 2 heterocycles. The van der Waals surface area contributed by atoms with Crippen LogP contribution in [0.3, 0.4) is 0 Å². The lowest BCUT2D eigenvalue weighted by Gasteiger charge is -2.23. The van der Waals surface area contributed by atoms with Crippen molar-refractivity contribution >= 4 is 21.9 Å². The van der Waals surface area contributed by atoms with Gasteiger partial charge in [-0.1, -0.05) is 6.07 Å². The lowest BCUT2D eigenvalue weighted by molar-refractivity contribution is 0.0690. The number of carboxylic acids is 1. The van der Waals surface area contributed by atoms with Crippen LogP contribution in [0.5, 0.6) is 5.75 Å². The van der Waals surface area contributed by atoms with Crippen molar-refractivity contribution in [2.45, 2.75) is 11.9 Å². The predicted octanol–water partition coefficient (Wildman–Crippen LogP) is 1.63. The molecule has 24 heavy (non-hydrogen) atoms. The van der Waals surface area contributed by atoms with E-state index in [1.54, 1.807) is 6.07 Å². The van der Waals surface area contributed by atoms with Gasteiger partial charge in [0.1, 0.15) is 11.4 Å². The molecule has 1 aliphatic heterocycles. The van der Waals surface area contributed by atoms with Gasteiger partial charge in [-0.3, -0.25) is 9.35 Å². The van der Waals surface area contributed by atoms with Crippen LogP contribution in [0.4, 0.5) is 0 Å². The summed E-state index contributed by atoms with van der Waals surface area (Å²) in [6, 6.07) is 8.81. The third-order valence-electron chi connectivity index (χ3n) is 3.49. The van der Waals surface area contributed by atoms with Gasteiger partial charge in [0.05, 0.1) is 17.7 Å². The molecule has 0 saturated heterocycles. The van der Waals surface area contributed by atoms with Crippen LogP contribution in [0.1, 0.15) is 27.3 Å². The molecular weight excluding hydrogens is 338 g/mol. The Morgan fingerprint density at radius 1 is 1.25 bits per heavy atom. The molecule has 1 unspecified atom stereocenters. The second-order valence-electron chi connectivity index (χ2n) is 5.11. The van der Waals surface area contributed by atoms with E-state index in [-0.39, 0.29) is 17.0 Å². The number of rotatable bonds is 3. The van der Waals surface area contributed by atoms with Crippen LogP contribution in [0.2, 0.25) is 0 Å². The first-order chi connectivity index (χ1) is 11.3. The Labute approximate surface area is 136 Å². The molecule has 0 radical (unpaired) electrons. The van der Waals surface area contributed by atoms with Gasteiger partial charge in [0, 0.05) is 5.56 Å². The maximum Gasteiger partial charge on any atom is 0.354 e. The number of carbonyl (C=O) groups is 2. The van der Waals surface area contributed by atoms with Crippen molar-refractivity contribution in [3.05, 3.63) is 47.7 Å². The molecule has 1 aromatic carbocycles. The molecule has 2 N–H and O–H groups in total. The third kappa shape index (κ3) is 2.99. The van der Waals surface area contributed by atoms with Crippen LogP contribution in [-0.4, -0.2) is 40.2 Å². The number of fused-ring (bicyclic) bond motifs is 1. The molecule has 2 aromatic rings. The Morgan fingerprint density at radius 2 is 2.00 bits per heavy atom. The van der Waals surface area contributed by atoms with Gasteiger partial charge in [-0.15, -0.1) is 0 Å². The summed E-state index contributed by atoms with van der Waals surface area (Å²) >= 11 is 0. The van der Waals surface area contributed by atoms with Crippen LogP contribution >= 0.6 is 0 Å². The minimum Gasteiger partial charge on any atom is -0.477 e. The second kappa shape index (κ2) is 5.69. The van der Waals surface area contributed by atoms with Crippen molar-refractivity contribution in [2.24, 2.45) is 0 Å². The average Bonchev–Trinajstić information content (AvgIpc) is 2.53. The fourth-order valence-electron chi connectivity index (χ4n) is 2.34. The zero-order valence-electron chi connectivity index (χ0n) is 12.0. The number of ketones is 1. The van der Waals surface area contributed by atoms with E-state index in [0.29, 0.717) is 11.3 Å². The standard InChI is InChI=1S/C15H11NO7S/c17-12-7-14(24(20,21)22)23-13-5-4-8(6-9(12)13)10-2-1-3-11(16-10)15(18)19/h1-6,14H,7H2,(H,18,19)(H,20,21,22). The van der Waals surface area contributed by atoms with E-state index in [1.807, 2.05) is 0 Å². The van der Waals surface area contributed by atoms with E-state index >= 15 is 0 Å². The zero-order valence-corrected chi connectivity index (χ0v) is 12.9. The number of carbonyl (C=O) groups excluding carboxylic acids is 1. The molecule has 124 valence electrons. The number of ether oxygens (including phenoxy) is 1. The fraction of sp³-hybridized carbons (Fsp3) is 0.133. The number of benzene rings is 1. The second-order valence-corrected chi connectivity index (χ2v) is 6.67. The van der Waals surface area contributed by atoms with Crippen molar-refractivity contribution in [2.75, 3.05) is 0 Å². The van der Waals surface area contributed by atoms with Gasteiger partial charge in [-0.25, -0.2) is 9.78 Å². The van der Waals surface area contributed by atoms with Crippen molar-refractivity contribution in [1.29, 1.82) is 0 Å². The van der Waals surface area contributed by atoms with Crippen molar-refractivity contribution in [3.63, 3.8) is 0 Å². The molecule has 1 aromatic heterocycles. The first-order valence-corrected chi connectivity index (χ1v) is 8.27. The lowest BCUT2D eigenvalue weighted by Crippen LogP contribution is -2.33. The summed E-state index contributed by atoms with van der Waals surface area (Å²) in [5.41, 5.74) is -0.785. The first-order valence-electron chi connectivity index (χ1n) is 6.76. The van der Waals surface area contributed by atoms with E-state index in [2.05, 4.69) is 4.98 Å². The van der Waals surface area contributed by atoms with Gasteiger partial charge in [0.2, 0.25) is 5.44 Å². The molecule has 3 rings (SSSR count). The Bertz CT molecular complexity index is 952. The molecule has 8 nitrogen and oxygen atoms in total. The Hall–Kier alpha value is -2.78. The Balaban J connectivity index is 2.01. The smallest absolute Gasteiger partial charge is 0.354 e. The predicted molar refractivity (Wildman–Crippen MR) is 81.5 cm³/mol. The number of hydrogen-bond donors (Lipinski definition) is 2. The highest BCUT2D eigenvalue weighted by Gasteiger charge is 2.34. The Morgan fingerprint density at radius 3 is 2.67 bits per heavy atom. The quantitative estimate of drug-likeness (QED) is 0.799. The van der Waals surface area contributed by atoms with E-state index in [1.165, 1.54) is 30.3 Å². The van der Waals surface area contributed by atoms with Crippen molar-refractivity contribution in [1.82, 2.24) is 4.98 Å². The third-order valence-corrected chi connectivity index (χ3v) is 4.41. The molecule has 0 aliphatic carbocycles. The highest BCUT2D eigenvalue weighted by molar-refractivity contribution is 7.86. The van der Waals surface area contributed by atoms with Crippen molar-refractivity contribution < 1.29 is 32.4 Å². The number of aromatic carboxylic acids is 1. The van der Waals surface area contributed by atoms with Crippen LogP contribution in [0.25, 0.3) is 11.3 Å². The number of hydrogen-bond acceptors (Lipinski definition) is 6. The fourth-order valence-corrected chi connectivity index (χ4v) is 2.92. The van der Waals surface area contributed by atoms with Gasteiger partial charge < -0.3 is 9.84 Å². The Kier molecular flexibility index (Phi) is 3.82. The van der Waals surface area contributed by atoms with Gasteiger partial charge >= 0.3 is 16.1 Å². The average molecular weight is 349 g/mol. The first kappa shape index (κ1) is 16.1. The van der Waals surface area contributed by atoms with E-state index in [0.717, 1.165) is 0 Å². The summed E-state index contributed by atoms with van der Waals surface area (Å²) in [6.45, 7) is 0. The number of Topliss-reactive ketones (excluding diaryl/α,β-unsaturated/α-hetero) is 1. The van der Waals surface area contributed by atoms with Gasteiger partial charge in [-0.05, 0) is 30.3 Å². The highest BCUT2D eigenvalue weighted by atomic mass is 32.2. The van der Waals surface area contributed by atoms with Gasteiger partial charge in [0.15, 0.2) is 5.78 Å². The van der Waals surface area contributed by atoms with Crippen LogP contribution < -0.4 is 4.74 Å². The molecular formula is C15H11NO7S. The summed E-state index contributed by atoms with van der Waals surface area (Å²) in [6.07, 6.45) is -0.502. The van der Waals surface area contributed by atoms with E-state index in [9.17, 15) is 18.0 Å². The number of pyridine rings is 1.